The number of ether oxygens (including phenoxy) is 2. The molecule has 0 N–H and O–H groups in total. The maximum Gasteiger partial charge on any atom is 0.249 e. The number of sulfonamides is 1. The van der Waals surface area contributed by atoms with Crippen LogP contribution < -0.4 is 9.47 Å². The highest BCUT2D eigenvalue weighted by Crippen LogP contribution is 2.28. The molecule has 5 nitrogen and oxygen atoms in total. The Morgan fingerprint density at radius 2 is 1.19 bits per heavy atom. The Morgan fingerprint density at radius 3 is 1.53 bits per heavy atom. The van der Waals surface area contributed by atoms with Gasteiger partial charge in [0.25, 0.3) is 0 Å². The topological polar surface area (TPSA) is 55.8 Å². The van der Waals surface area contributed by atoms with E-state index in [1.807, 2.05) is 0 Å². The molecule has 0 spiro atoms. The number of hydrogen-bond donors (Lipinski definition) is 0. The van der Waals surface area contributed by atoms with Gasteiger partial charge in [0.2, 0.25) is 10.0 Å². The molecule has 0 saturated heterocycles. The molecule has 0 aromatic heterocycles. The molecule has 0 amide bonds. The lowest BCUT2D eigenvalue weighted by Crippen LogP contribution is -2.31. The molecular weight excluding hydrogens is 504 g/mol. The standard InChI is InChI=1S/C23H22BrF2NO4S/c1-30-19-7-3-16(4-8-19)14-27(15-17-5-9-20(31-2)10-6-17)32(28,29)23-21(25)11-18(13-24)12-22(23)26/h3-12H,13-15H2,1-2H3. The minimum absolute atomic E-state index is 0.0859. The highest BCUT2D eigenvalue weighted by Gasteiger charge is 2.31. The third kappa shape index (κ3) is 5.46. The first-order valence-electron chi connectivity index (χ1n) is 9.58. The van der Waals surface area contributed by atoms with Crippen molar-refractivity contribution in [1.82, 2.24) is 4.31 Å². The van der Waals surface area contributed by atoms with E-state index in [-0.39, 0.29) is 18.4 Å². The molecule has 32 heavy (non-hydrogen) atoms. The summed E-state index contributed by atoms with van der Waals surface area (Å²) in [7, 11) is -1.46. The third-order valence-electron chi connectivity index (χ3n) is 4.85. The first-order chi connectivity index (χ1) is 15.3. The van der Waals surface area contributed by atoms with E-state index in [9.17, 15) is 17.2 Å². The van der Waals surface area contributed by atoms with Crippen LogP contribution in [0.15, 0.2) is 65.6 Å². The zero-order valence-electron chi connectivity index (χ0n) is 17.5. The predicted molar refractivity (Wildman–Crippen MR) is 121 cm³/mol. The molecule has 0 aliphatic carbocycles. The highest BCUT2D eigenvalue weighted by molar-refractivity contribution is 9.08. The van der Waals surface area contributed by atoms with Gasteiger partial charge in [-0.15, -0.1) is 0 Å². The summed E-state index contributed by atoms with van der Waals surface area (Å²) in [6.07, 6.45) is 0. The van der Waals surface area contributed by atoms with E-state index in [1.165, 1.54) is 14.2 Å². The smallest absolute Gasteiger partial charge is 0.249 e. The van der Waals surface area contributed by atoms with Crippen LogP contribution in [0.1, 0.15) is 16.7 Å². The largest absolute Gasteiger partial charge is 0.497 e. The maximum atomic E-state index is 14.7. The van der Waals surface area contributed by atoms with Gasteiger partial charge in [-0.2, -0.15) is 4.31 Å². The van der Waals surface area contributed by atoms with E-state index in [4.69, 9.17) is 9.47 Å². The van der Waals surface area contributed by atoms with Crippen LogP contribution in [-0.2, 0) is 28.4 Å². The Morgan fingerprint density at radius 1 is 0.781 bits per heavy atom. The van der Waals surface area contributed by atoms with Crippen LogP contribution in [0.3, 0.4) is 0 Å². The number of benzene rings is 3. The van der Waals surface area contributed by atoms with Crippen LogP contribution in [0.25, 0.3) is 0 Å². The summed E-state index contributed by atoms with van der Waals surface area (Å²) in [6.45, 7) is -0.172. The van der Waals surface area contributed by atoms with Gasteiger partial charge >= 0.3 is 0 Å². The van der Waals surface area contributed by atoms with Crippen molar-refractivity contribution in [3.63, 3.8) is 0 Å². The van der Waals surface area contributed by atoms with Gasteiger partial charge in [0.1, 0.15) is 23.1 Å². The van der Waals surface area contributed by atoms with Crippen molar-refractivity contribution >= 4 is 26.0 Å². The summed E-state index contributed by atoms with van der Waals surface area (Å²) in [5.74, 6) is -1.04. The SMILES string of the molecule is COc1ccc(CN(Cc2ccc(OC)cc2)S(=O)(=O)c2c(F)cc(CBr)cc2F)cc1. The Balaban J connectivity index is 2.03. The Hall–Kier alpha value is -2.49. The third-order valence-corrected chi connectivity index (χ3v) is 7.34. The summed E-state index contributed by atoms with van der Waals surface area (Å²) < 4.78 is 67.6. The molecule has 0 atom stereocenters. The molecule has 9 heteroatoms. The minimum Gasteiger partial charge on any atom is -0.497 e. The molecule has 0 aliphatic rings. The highest BCUT2D eigenvalue weighted by atomic mass is 79.9. The van der Waals surface area contributed by atoms with Crippen molar-refractivity contribution in [1.29, 1.82) is 0 Å². The quantitative estimate of drug-likeness (QED) is 0.357. The van der Waals surface area contributed by atoms with Crippen LogP contribution in [0.2, 0.25) is 0 Å². The van der Waals surface area contributed by atoms with Crippen molar-refractivity contribution in [2.75, 3.05) is 14.2 Å². The Bertz CT molecular complexity index is 1100. The van der Waals surface area contributed by atoms with Crippen molar-refractivity contribution in [2.24, 2.45) is 0 Å². The molecule has 170 valence electrons. The molecule has 3 aromatic carbocycles. The molecule has 0 fully saturated rings. The summed E-state index contributed by atoms with van der Waals surface area (Å²) in [4.78, 5) is -0.968. The van der Waals surface area contributed by atoms with Crippen LogP contribution in [0, 0.1) is 11.6 Å². The maximum absolute atomic E-state index is 14.7. The van der Waals surface area contributed by atoms with Gasteiger partial charge in [0.05, 0.1) is 14.2 Å². The molecule has 0 heterocycles. The normalized spacial score (nSPS) is 11.6. The lowest BCUT2D eigenvalue weighted by molar-refractivity contribution is 0.390. The van der Waals surface area contributed by atoms with E-state index >= 15 is 0 Å². The fourth-order valence-electron chi connectivity index (χ4n) is 3.16. The average molecular weight is 526 g/mol. The van der Waals surface area contributed by atoms with Crippen LogP contribution >= 0.6 is 15.9 Å². The molecule has 0 saturated carbocycles. The number of methoxy groups -OCH3 is 2. The van der Waals surface area contributed by atoms with Gasteiger partial charge in [-0.1, -0.05) is 40.2 Å². The van der Waals surface area contributed by atoms with Crippen molar-refractivity contribution in [3.8, 4) is 11.5 Å². The first kappa shape index (κ1) is 24.2. The minimum atomic E-state index is -4.51. The fraction of sp³-hybridized carbons (Fsp3) is 0.217. The van der Waals surface area contributed by atoms with Gasteiger partial charge in [0, 0.05) is 18.4 Å². The Labute approximate surface area is 194 Å². The second-order valence-corrected chi connectivity index (χ2v) is 9.43. The number of halogens is 3. The van der Waals surface area contributed by atoms with Crippen molar-refractivity contribution < 1.29 is 26.7 Å². The molecule has 0 unspecified atom stereocenters. The van der Waals surface area contributed by atoms with E-state index in [1.54, 1.807) is 48.5 Å². The first-order valence-corrected chi connectivity index (χ1v) is 12.1. The lowest BCUT2D eigenvalue weighted by atomic mass is 10.2. The van der Waals surface area contributed by atoms with Crippen molar-refractivity contribution in [2.45, 2.75) is 23.3 Å². The fourth-order valence-corrected chi connectivity index (χ4v) is 4.99. The van der Waals surface area contributed by atoms with E-state index in [0.29, 0.717) is 28.2 Å². The van der Waals surface area contributed by atoms with Gasteiger partial charge < -0.3 is 9.47 Å². The molecule has 0 aliphatic heterocycles. The van der Waals surface area contributed by atoms with E-state index in [0.717, 1.165) is 16.4 Å². The van der Waals surface area contributed by atoms with Crippen molar-refractivity contribution in [3.05, 3.63) is 89.0 Å². The van der Waals surface area contributed by atoms with Gasteiger partial charge in [-0.25, -0.2) is 17.2 Å². The second-order valence-electron chi connectivity index (χ2n) is 6.99. The van der Waals surface area contributed by atoms with E-state index in [2.05, 4.69) is 15.9 Å². The number of nitrogens with zero attached hydrogens (tertiary/aromatic N) is 1. The molecule has 3 rings (SSSR count). The Kier molecular flexibility index (Phi) is 7.86. The average Bonchev–Trinajstić information content (AvgIpc) is 2.78. The second kappa shape index (κ2) is 10.4. The van der Waals surface area contributed by atoms with Gasteiger partial charge in [-0.05, 0) is 53.1 Å². The summed E-state index contributed by atoms with van der Waals surface area (Å²) in [5.41, 5.74) is 1.58. The van der Waals surface area contributed by atoms with Crippen LogP contribution in [-0.4, -0.2) is 26.9 Å². The molecular formula is C23H22BrF2NO4S. The van der Waals surface area contributed by atoms with E-state index < -0.39 is 26.6 Å². The molecule has 3 aromatic rings. The zero-order chi connectivity index (χ0) is 23.3. The lowest BCUT2D eigenvalue weighted by Gasteiger charge is -2.23. The molecule has 0 bridgehead atoms. The zero-order valence-corrected chi connectivity index (χ0v) is 19.9. The summed E-state index contributed by atoms with van der Waals surface area (Å²) in [5, 5.41) is 0.197. The van der Waals surface area contributed by atoms with Gasteiger partial charge in [-0.3, -0.25) is 0 Å². The van der Waals surface area contributed by atoms with Crippen LogP contribution in [0.4, 0.5) is 8.78 Å². The molecule has 0 radical (unpaired) electrons. The van der Waals surface area contributed by atoms with Crippen LogP contribution in [0.5, 0.6) is 11.5 Å². The number of alkyl halides is 1. The summed E-state index contributed by atoms with van der Waals surface area (Å²) >= 11 is 3.13. The predicted octanol–water partition coefficient (Wildman–Crippen LogP) is 5.27. The van der Waals surface area contributed by atoms with Gasteiger partial charge in [0.15, 0.2) is 4.90 Å². The number of hydrogen-bond acceptors (Lipinski definition) is 4. The monoisotopic (exact) mass is 525 g/mol. The summed E-state index contributed by atoms with van der Waals surface area (Å²) in [6, 6.07) is 15.6. The number of rotatable bonds is 9.